The normalized spacial score (nSPS) is 12.8. The topological polar surface area (TPSA) is 55.1 Å². The van der Waals surface area contributed by atoms with Crippen LogP contribution < -0.4 is 11.1 Å². The highest BCUT2D eigenvalue weighted by Crippen LogP contribution is 2.33. The van der Waals surface area contributed by atoms with Crippen molar-refractivity contribution < 1.29 is 18.0 Å². The first-order chi connectivity index (χ1) is 12.3. The van der Waals surface area contributed by atoms with Gasteiger partial charge in [0.05, 0.1) is 17.2 Å². The van der Waals surface area contributed by atoms with Gasteiger partial charge in [-0.05, 0) is 41.5 Å². The SMILES string of the molecule is C[C@@H](NC(=O)c1cc(N)ccc1C(F)(F)F)c1cccc2ccccc12. The van der Waals surface area contributed by atoms with E-state index >= 15 is 0 Å². The van der Waals surface area contributed by atoms with Gasteiger partial charge in [-0.15, -0.1) is 0 Å². The Morgan fingerprint density at radius 2 is 1.73 bits per heavy atom. The lowest BCUT2D eigenvalue weighted by Crippen LogP contribution is -2.29. The monoisotopic (exact) mass is 358 g/mol. The van der Waals surface area contributed by atoms with Crippen molar-refractivity contribution in [2.24, 2.45) is 0 Å². The Morgan fingerprint density at radius 3 is 2.46 bits per heavy atom. The zero-order valence-electron chi connectivity index (χ0n) is 14.0. The van der Waals surface area contributed by atoms with Gasteiger partial charge in [0.2, 0.25) is 0 Å². The zero-order chi connectivity index (χ0) is 18.9. The number of rotatable bonds is 3. The number of nitrogen functional groups attached to an aromatic ring is 1. The van der Waals surface area contributed by atoms with Crippen LogP contribution in [0.1, 0.15) is 34.5 Å². The van der Waals surface area contributed by atoms with Crippen molar-refractivity contribution in [3.8, 4) is 0 Å². The molecule has 3 nitrogen and oxygen atoms in total. The molecule has 3 aromatic carbocycles. The summed E-state index contributed by atoms with van der Waals surface area (Å²) in [6, 6.07) is 15.8. The van der Waals surface area contributed by atoms with E-state index in [9.17, 15) is 18.0 Å². The van der Waals surface area contributed by atoms with Crippen LogP contribution in [0.2, 0.25) is 0 Å². The number of halogens is 3. The third-order valence-electron chi connectivity index (χ3n) is 4.23. The third-order valence-corrected chi connectivity index (χ3v) is 4.23. The maximum atomic E-state index is 13.2. The molecule has 0 heterocycles. The smallest absolute Gasteiger partial charge is 0.399 e. The van der Waals surface area contributed by atoms with Gasteiger partial charge < -0.3 is 11.1 Å². The Balaban J connectivity index is 1.94. The summed E-state index contributed by atoms with van der Waals surface area (Å²) in [6.07, 6.45) is -4.64. The van der Waals surface area contributed by atoms with E-state index in [0.717, 1.165) is 34.5 Å². The lowest BCUT2D eigenvalue weighted by atomic mass is 9.99. The lowest BCUT2D eigenvalue weighted by Gasteiger charge is -2.19. The Bertz CT molecular complexity index is 961. The van der Waals surface area contributed by atoms with Gasteiger partial charge in [0.15, 0.2) is 0 Å². The summed E-state index contributed by atoms with van der Waals surface area (Å²) < 4.78 is 39.6. The predicted molar refractivity (Wildman–Crippen MR) is 95.7 cm³/mol. The fraction of sp³-hybridized carbons (Fsp3) is 0.150. The lowest BCUT2D eigenvalue weighted by molar-refractivity contribution is -0.137. The molecule has 0 saturated heterocycles. The largest absolute Gasteiger partial charge is 0.417 e. The first-order valence-corrected chi connectivity index (χ1v) is 8.02. The van der Waals surface area contributed by atoms with Crippen LogP contribution in [0.4, 0.5) is 18.9 Å². The summed E-state index contributed by atoms with van der Waals surface area (Å²) in [7, 11) is 0. The van der Waals surface area contributed by atoms with Crippen LogP contribution >= 0.6 is 0 Å². The molecule has 1 amide bonds. The predicted octanol–water partition coefficient (Wildman–Crippen LogP) is 4.93. The molecule has 134 valence electrons. The van der Waals surface area contributed by atoms with E-state index in [1.54, 1.807) is 6.92 Å². The van der Waals surface area contributed by atoms with Crippen molar-refractivity contribution in [3.63, 3.8) is 0 Å². The molecule has 6 heteroatoms. The summed E-state index contributed by atoms with van der Waals surface area (Å²) >= 11 is 0. The molecular formula is C20H17F3N2O. The van der Waals surface area contributed by atoms with Gasteiger partial charge in [-0.3, -0.25) is 4.79 Å². The van der Waals surface area contributed by atoms with Crippen molar-refractivity contribution in [1.29, 1.82) is 0 Å². The molecule has 0 aliphatic heterocycles. The van der Waals surface area contributed by atoms with Crippen LogP contribution in [0.5, 0.6) is 0 Å². The van der Waals surface area contributed by atoms with Gasteiger partial charge >= 0.3 is 6.18 Å². The second-order valence-corrected chi connectivity index (χ2v) is 6.07. The molecule has 1 atom stereocenters. The van der Waals surface area contributed by atoms with Crippen molar-refractivity contribution in [3.05, 3.63) is 77.4 Å². The zero-order valence-corrected chi connectivity index (χ0v) is 14.0. The standard InChI is InChI=1S/C20H17F3N2O/c1-12(15-8-4-6-13-5-2-3-7-16(13)15)25-19(26)17-11-14(24)9-10-18(17)20(21,22)23/h2-12H,24H2,1H3,(H,25,26)/t12-/m1/s1. The maximum Gasteiger partial charge on any atom is 0.417 e. The van der Waals surface area contributed by atoms with Crippen molar-refractivity contribution >= 4 is 22.4 Å². The van der Waals surface area contributed by atoms with Crippen molar-refractivity contribution in [2.75, 3.05) is 5.73 Å². The fourth-order valence-electron chi connectivity index (χ4n) is 2.98. The van der Waals surface area contributed by atoms with Crippen LogP contribution in [-0.4, -0.2) is 5.91 Å². The number of anilines is 1. The molecule has 0 saturated carbocycles. The van der Waals surface area contributed by atoms with Gasteiger partial charge in [-0.1, -0.05) is 42.5 Å². The van der Waals surface area contributed by atoms with Crippen molar-refractivity contribution in [2.45, 2.75) is 19.1 Å². The van der Waals surface area contributed by atoms with Gasteiger partial charge in [0.1, 0.15) is 0 Å². The number of benzene rings is 3. The molecule has 0 aromatic heterocycles. The summed E-state index contributed by atoms with van der Waals surface area (Å²) in [4.78, 5) is 12.5. The molecule has 0 bridgehead atoms. The molecule has 0 aliphatic rings. The molecule has 0 radical (unpaired) electrons. The van der Waals surface area contributed by atoms with E-state index in [4.69, 9.17) is 5.73 Å². The van der Waals surface area contributed by atoms with Crippen LogP contribution in [0.25, 0.3) is 10.8 Å². The number of amides is 1. The average molecular weight is 358 g/mol. The van der Waals surface area contributed by atoms with Crippen molar-refractivity contribution in [1.82, 2.24) is 5.32 Å². The van der Waals surface area contributed by atoms with E-state index in [0.29, 0.717) is 0 Å². The summed E-state index contributed by atoms with van der Waals surface area (Å²) in [5, 5.41) is 4.58. The number of hydrogen-bond donors (Lipinski definition) is 2. The van der Waals surface area contributed by atoms with Gasteiger partial charge in [0, 0.05) is 5.69 Å². The molecule has 0 aliphatic carbocycles. The highest BCUT2D eigenvalue weighted by molar-refractivity contribution is 5.97. The molecule has 3 rings (SSSR count). The first kappa shape index (κ1) is 17.8. The molecule has 26 heavy (non-hydrogen) atoms. The summed E-state index contributed by atoms with van der Waals surface area (Å²) in [5.74, 6) is -0.815. The van der Waals surface area contributed by atoms with Crippen LogP contribution in [0.3, 0.4) is 0 Å². The Morgan fingerprint density at radius 1 is 1.04 bits per heavy atom. The quantitative estimate of drug-likeness (QED) is 0.652. The van der Waals surface area contributed by atoms with E-state index in [-0.39, 0.29) is 5.69 Å². The van der Waals surface area contributed by atoms with E-state index < -0.39 is 29.3 Å². The molecular weight excluding hydrogens is 341 g/mol. The molecule has 3 aromatic rings. The Labute approximate surface area is 148 Å². The van der Waals surface area contributed by atoms with E-state index in [1.807, 2.05) is 42.5 Å². The number of carbonyl (C=O) groups is 1. The number of hydrogen-bond acceptors (Lipinski definition) is 2. The Kier molecular flexibility index (Phi) is 4.59. The average Bonchev–Trinajstić information content (AvgIpc) is 2.60. The van der Waals surface area contributed by atoms with Crippen LogP contribution in [-0.2, 0) is 6.18 Å². The minimum atomic E-state index is -4.64. The van der Waals surface area contributed by atoms with Gasteiger partial charge in [-0.25, -0.2) is 0 Å². The van der Waals surface area contributed by atoms with Crippen LogP contribution in [0.15, 0.2) is 60.7 Å². The van der Waals surface area contributed by atoms with E-state index in [1.165, 1.54) is 0 Å². The van der Waals surface area contributed by atoms with E-state index in [2.05, 4.69) is 5.32 Å². The fourth-order valence-corrected chi connectivity index (χ4v) is 2.98. The summed E-state index contributed by atoms with van der Waals surface area (Å²) in [6.45, 7) is 1.74. The highest BCUT2D eigenvalue weighted by Gasteiger charge is 2.35. The minimum Gasteiger partial charge on any atom is -0.399 e. The summed E-state index contributed by atoms with van der Waals surface area (Å²) in [5.41, 5.74) is 5.02. The van der Waals surface area contributed by atoms with Crippen LogP contribution in [0, 0.1) is 0 Å². The third kappa shape index (κ3) is 3.49. The minimum absolute atomic E-state index is 0.0981. The molecule has 0 spiro atoms. The van der Waals surface area contributed by atoms with Gasteiger partial charge in [0.25, 0.3) is 5.91 Å². The number of alkyl halides is 3. The second-order valence-electron chi connectivity index (χ2n) is 6.07. The number of nitrogens with two attached hydrogens (primary N) is 1. The first-order valence-electron chi connectivity index (χ1n) is 8.02. The maximum absolute atomic E-state index is 13.2. The van der Waals surface area contributed by atoms with Gasteiger partial charge in [-0.2, -0.15) is 13.2 Å². The molecule has 0 fully saturated rings. The number of nitrogens with one attached hydrogen (secondary N) is 1. The second kappa shape index (κ2) is 6.71. The number of carbonyl (C=O) groups excluding carboxylic acids is 1. The highest BCUT2D eigenvalue weighted by atomic mass is 19.4. The molecule has 0 unspecified atom stereocenters. The number of fused-ring (bicyclic) bond motifs is 1. The Hall–Kier alpha value is -3.02. The molecule has 3 N–H and O–H groups in total.